The molecule has 1 N–H and O–H groups in total. The molecule has 1 amide bonds. The highest BCUT2D eigenvalue weighted by Gasteiger charge is 2.31. The first-order valence-corrected chi connectivity index (χ1v) is 7.80. The van der Waals surface area contributed by atoms with Gasteiger partial charge in [0.05, 0.1) is 12.7 Å². The lowest BCUT2D eigenvalue weighted by atomic mass is 9.98. The zero-order valence-corrected chi connectivity index (χ0v) is 13.9. The standard InChI is InChI=1S/C17H14BrNO4/c1-22-13-5-3-12(4-6-13)19-16(20)15-9-10-8-11(18)2-7-14(10)17(21)23-15/h2-8,15H,9H2,1H3,(H,19,20). The average molecular weight is 376 g/mol. The number of carbonyl (C=O) groups excluding carboxylic acids is 2. The molecule has 0 radical (unpaired) electrons. The van der Waals surface area contributed by atoms with Crippen LogP contribution in [0, 0.1) is 0 Å². The van der Waals surface area contributed by atoms with E-state index in [9.17, 15) is 9.59 Å². The fraction of sp³-hybridized carbons (Fsp3) is 0.176. The Hall–Kier alpha value is -2.34. The van der Waals surface area contributed by atoms with Crippen LogP contribution in [0.5, 0.6) is 5.75 Å². The predicted octanol–water partition coefficient (Wildman–Crippen LogP) is 3.18. The van der Waals surface area contributed by atoms with Crippen molar-refractivity contribution in [2.75, 3.05) is 12.4 Å². The Labute approximate surface area is 141 Å². The highest BCUT2D eigenvalue weighted by molar-refractivity contribution is 9.10. The van der Waals surface area contributed by atoms with Crippen molar-refractivity contribution in [3.63, 3.8) is 0 Å². The van der Waals surface area contributed by atoms with E-state index in [1.165, 1.54) is 0 Å². The van der Waals surface area contributed by atoms with Crippen molar-refractivity contribution in [2.24, 2.45) is 0 Å². The van der Waals surface area contributed by atoms with Crippen LogP contribution in [0.25, 0.3) is 0 Å². The molecule has 1 aliphatic heterocycles. The topological polar surface area (TPSA) is 64.6 Å². The van der Waals surface area contributed by atoms with Crippen LogP contribution in [0.1, 0.15) is 15.9 Å². The Bertz CT molecular complexity index is 758. The maximum Gasteiger partial charge on any atom is 0.339 e. The highest BCUT2D eigenvalue weighted by Crippen LogP contribution is 2.25. The summed E-state index contributed by atoms with van der Waals surface area (Å²) < 4.78 is 11.2. The molecular weight excluding hydrogens is 362 g/mol. The molecule has 0 saturated carbocycles. The number of hydrogen-bond donors (Lipinski definition) is 1. The molecule has 0 fully saturated rings. The van der Waals surface area contributed by atoms with Crippen LogP contribution < -0.4 is 10.1 Å². The third-order valence-corrected chi connectivity index (χ3v) is 4.09. The number of anilines is 1. The molecular formula is C17H14BrNO4. The number of carbonyl (C=O) groups is 2. The Morgan fingerprint density at radius 1 is 1.26 bits per heavy atom. The first-order valence-electron chi connectivity index (χ1n) is 7.01. The molecule has 6 heteroatoms. The molecule has 1 atom stereocenters. The van der Waals surface area contributed by atoms with Crippen molar-refractivity contribution in [1.82, 2.24) is 0 Å². The molecule has 0 aliphatic carbocycles. The van der Waals surface area contributed by atoms with E-state index < -0.39 is 12.1 Å². The number of halogens is 1. The molecule has 23 heavy (non-hydrogen) atoms. The maximum absolute atomic E-state index is 12.3. The summed E-state index contributed by atoms with van der Waals surface area (Å²) in [4.78, 5) is 24.3. The number of fused-ring (bicyclic) bond motifs is 1. The van der Waals surface area contributed by atoms with Crippen LogP contribution in [0.2, 0.25) is 0 Å². The van der Waals surface area contributed by atoms with Crippen LogP contribution in [-0.4, -0.2) is 25.1 Å². The molecule has 3 rings (SSSR count). The van der Waals surface area contributed by atoms with Gasteiger partial charge in [0.2, 0.25) is 0 Å². The second kappa shape index (κ2) is 6.42. The lowest BCUT2D eigenvalue weighted by Crippen LogP contribution is -2.38. The molecule has 0 aromatic heterocycles. The predicted molar refractivity (Wildman–Crippen MR) is 88.7 cm³/mol. The molecule has 2 aromatic rings. The SMILES string of the molecule is COc1ccc(NC(=O)C2Cc3cc(Br)ccc3C(=O)O2)cc1. The summed E-state index contributed by atoms with van der Waals surface area (Å²) in [5, 5.41) is 2.75. The molecule has 1 heterocycles. The van der Waals surface area contributed by atoms with Crippen molar-refractivity contribution in [3.8, 4) is 5.75 Å². The summed E-state index contributed by atoms with van der Waals surface area (Å²) in [7, 11) is 1.57. The fourth-order valence-electron chi connectivity index (χ4n) is 2.41. The van der Waals surface area contributed by atoms with Gasteiger partial charge in [-0.3, -0.25) is 4.79 Å². The first-order chi connectivity index (χ1) is 11.1. The minimum Gasteiger partial charge on any atom is -0.497 e. The van der Waals surface area contributed by atoms with Crippen LogP contribution in [-0.2, 0) is 16.0 Å². The fourth-order valence-corrected chi connectivity index (χ4v) is 2.82. The summed E-state index contributed by atoms with van der Waals surface area (Å²) in [5.74, 6) is -0.131. The normalized spacial score (nSPS) is 16.3. The number of nitrogens with one attached hydrogen (secondary N) is 1. The van der Waals surface area contributed by atoms with Gasteiger partial charge in [0.15, 0.2) is 6.10 Å². The lowest BCUT2D eigenvalue weighted by Gasteiger charge is -2.24. The Kier molecular flexibility index (Phi) is 4.34. The molecule has 118 valence electrons. The first kappa shape index (κ1) is 15.6. The van der Waals surface area contributed by atoms with Crippen molar-refractivity contribution in [3.05, 3.63) is 58.1 Å². The number of ether oxygens (including phenoxy) is 2. The van der Waals surface area contributed by atoms with Crippen LogP contribution in [0.15, 0.2) is 46.9 Å². The van der Waals surface area contributed by atoms with E-state index in [1.54, 1.807) is 43.5 Å². The summed E-state index contributed by atoms with van der Waals surface area (Å²) in [5.41, 5.74) is 1.92. The quantitative estimate of drug-likeness (QED) is 0.836. The third-order valence-electron chi connectivity index (χ3n) is 3.59. The molecule has 0 spiro atoms. The zero-order chi connectivity index (χ0) is 16.4. The monoisotopic (exact) mass is 375 g/mol. The van der Waals surface area contributed by atoms with Gasteiger partial charge in [0.25, 0.3) is 5.91 Å². The minimum absolute atomic E-state index is 0.350. The van der Waals surface area contributed by atoms with Gasteiger partial charge in [-0.1, -0.05) is 15.9 Å². The van der Waals surface area contributed by atoms with Gasteiger partial charge in [-0.25, -0.2) is 4.79 Å². The van der Waals surface area contributed by atoms with Crippen molar-refractivity contribution in [2.45, 2.75) is 12.5 Å². The van der Waals surface area contributed by atoms with Crippen molar-refractivity contribution >= 4 is 33.5 Å². The molecule has 5 nitrogen and oxygen atoms in total. The number of esters is 1. The van der Waals surface area contributed by atoms with Gasteiger partial charge in [-0.15, -0.1) is 0 Å². The molecule has 0 saturated heterocycles. The number of cyclic esters (lactones) is 1. The Morgan fingerprint density at radius 3 is 2.70 bits per heavy atom. The Morgan fingerprint density at radius 2 is 2.00 bits per heavy atom. The minimum atomic E-state index is -0.841. The highest BCUT2D eigenvalue weighted by atomic mass is 79.9. The molecule has 1 unspecified atom stereocenters. The molecule has 1 aliphatic rings. The Balaban J connectivity index is 1.74. The summed E-state index contributed by atoms with van der Waals surface area (Å²) >= 11 is 3.37. The van der Waals surface area contributed by atoms with Gasteiger partial charge in [-0.2, -0.15) is 0 Å². The van der Waals surface area contributed by atoms with E-state index >= 15 is 0 Å². The van der Waals surface area contributed by atoms with E-state index in [1.807, 2.05) is 6.07 Å². The van der Waals surface area contributed by atoms with Gasteiger partial charge in [-0.05, 0) is 48.0 Å². The smallest absolute Gasteiger partial charge is 0.339 e. The van der Waals surface area contributed by atoms with Crippen LogP contribution in [0.3, 0.4) is 0 Å². The lowest BCUT2D eigenvalue weighted by molar-refractivity contribution is -0.125. The van der Waals surface area contributed by atoms with Crippen LogP contribution >= 0.6 is 15.9 Å². The zero-order valence-electron chi connectivity index (χ0n) is 12.3. The maximum atomic E-state index is 12.3. The van der Waals surface area contributed by atoms with Gasteiger partial charge in [0.1, 0.15) is 5.75 Å². The van der Waals surface area contributed by atoms with Crippen molar-refractivity contribution in [1.29, 1.82) is 0 Å². The summed E-state index contributed by atoms with van der Waals surface area (Å²) in [6, 6.07) is 12.3. The van der Waals surface area contributed by atoms with Crippen LogP contribution in [0.4, 0.5) is 5.69 Å². The number of amides is 1. The second-order valence-electron chi connectivity index (χ2n) is 5.12. The molecule has 2 aromatic carbocycles. The van der Waals surface area contributed by atoms with E-state index in [-0.39, 0.29) is 5.91 Å². The number of benzene rings is 2. The van der Waals surface area contributed by atoms with E-state index in [2.05, 4.69) is 21.2 Å². The number of rotatable bonds is 3. The van der Waals surface area contributed by atoms with Gasteiger partial charge < -0.3 is 14.8 Å². The number of hydrogen-bond acceptors (Lipinski definition) is 4. The molecule has 0 bridgehead atoms. The van der Waals surface area contributed by atoms with Crippen molar-refractivity contribution < 1.29 is 19.1 Å². The van der Waals surface area contributed by atoms with Gasteiger partial charge in [0, 0.05) is 16.6 Å². The third kappa shape index (κ3) is 3.37. The van der Waals surface area contributed by atoms with Gasteiger partial charge >= 0.3 is 5.97 Å². The summed E-state index contributed by atoms with van der Waals surface area (Å²) in [6.07, 6.45) is -0.492. The average Bonchev–Trinajstić information content (AvgIpc) is 2.55. The largest absolute Gasteiger partial charge is 0.497 e. The van der Waals surface area contributed by atoms with E-state index in [0.29, 0.717) is 23.4 Å². The van der Waals surface area contributed by atoms with E-state index in [4.69, 9.17) is 9.47 Å². The second-order valence-corrected chi connectivity index (χ2v) is 6.03. The number of methoxy groups -OCH3 is 1. The summed E-state index contributed by atoms with van der Waals surface area (Å²) in [6.45, 7) is 0. The van der Waals surface area contributed by atoms with E-state index in [0.717, 1.165) is 10.0 Å².